The van der Waals surface area contributed by atoms with Crippen molar-refractivity contribution in [3.63, 3.8) is 0 Å². The molecule has 0 bridgehead atoms. The molecule has 0 aromatic heterocycles. The summed E-state index contributed by atoms with van der Waals surface area (Å²) in [6.45, 7) is 0.397. The average molecular weight is 274 g/mol. The largest absolute Gasteiger partial charge is 0.362 e. The molecular weight excluding hydrogens is 265 g/mol. The van der Waals surface area contributed by atoms with E-state index in [9.17, 15) is 9.18 Å². The third-order valence-corrected chi connectivity index (χ3v) is 3.07. The molecule has 1 atom stereocenters. The topological polar surface area (TPSA) is 38.3 Å². The van der Waals surface area contributed by atoms with Gasteiger partial charge in [-0.2, -0.15) is 0 Å². The molecule has 1 aromatic rings. The van der Waals surface area contributed by atoms with Crippen LogP contribution in [0.5, 0.6) is 0 Å². The van der Waals surface area contributed by atoms with Crippen molar-refractivity contribution < 1.29 is 13.9 Å². The van der Waals surface area contributed by atoms with Crippen LogP contribution in [0.2, 0.25) is 0 Å². The lowest BCUT2D eigenvalue weighted by atomic mass is 10.1. The second-order valence-corrected chi connectivity index (χ2v) is 4.04. The predicted molar refractivity (Wildman–Crippen MR) is 55.8 cm³/mol. The Hall–Kier alpha value is -0.940. The highest BCUT2D eigenvalue weighted by atomic mass is 79.9. The Balaban J connectivity index is 2.22. The van der Waals surface area contributed by atoms with Gasteiger partial charge in [-0.3, -0.25) is 4.79 Å². The Kier molecular flexibility index (Phi) is 3.02. The summed E-state index contributed by atoms with van der Waals surface area (Å²) in [4.78, 5) is 10.9. The van der Waals surface area contributed by atoms with E-state index in [0.717, 1.165) is 5.56 Å². The number of nitrogens with one attached hydrogen (secondary N) is 1. The van der Waals surface area contributed by atoms with Crippen LogP contribution in [0.15, 0.2) is 22.7 Å². The molecule has 1 aromatic carbocycles. The third kappa shape index (κ3) is 2.18. The van der Waals surface area contributed by atoms with Gasteiger partial charge in [-0.25, -0.2) is 4.39 Å². The van der Waals surface area contributed by atoms with Crippen molar-refractivity contribution in [2.45, 2.75) is 6.10 Å². The standard InChI is InChI=1S/C10H9BrFNO2/c11-10-6(2-1-3-7(10)12)8-4-13-9(14)5-15-8/h1-3,8H,4-5H2,(H,13,14)/t8-/m0/s1. The first-order valence-electron chi connectivity index (χ1n) is 4.50. The molecule has 0 saturated carbocycles. The van der Waals surface area contributed by atoms with E-state index >= 15 is 0 Å². The minimum atomic E-state index is -0.326. The summed E-state index contributed by atoms with van der Waals surface area (Å²) in [7, 11) is 0. The summed E-state index contributed by atoms with van der Waals surface area (Å²) in [6, 6.07) is 4.76. The van der Waals surface area contributed by atoms with Gasteiger partial charge in [-0.05, 0) is 27.6 Å². The second-order valence-electron chi connectivity index (χ2n) is 3.25. The summed E-state index contributed by atoms with van der Waals surface area (Å²) in [5, 5.41) is 2.67. The van der Waals surface area contributed by atoms with Gasteiger partial charge >= 0.3 is 0 Å². The van der Waals surface area contributed by atoms with Crippen molar-refractivity contribution >= 4 is 21.8 Å². The summed E-state index contributed by atoms with van der Waals surface area (Å²) in [5.74, 6) is -0.466. The van der Waals surface area contributed by atoms with Crippen molar-refractivity contribution in [3.8, 4) is 0 Å². The summed E-state index contributed by atoms with van der Waals surface area (Å²) < 4.78 is 18.9. The van der Waals surface area contributed by atoms with Crippen LogP contribution in [0.25, 0.3) is 0 Å². The van der Waals surface area contributed by atoms with Crippen molar-refractivity contribution in [3.05, 3.63) is 34.1 Å². The van der Waals surface area contributed by atoms with Gasteiger partial charge in [0.1, 0.15) is 18.5 Å². The van der Waals surface area contributed by atoms with Gasteiger partial charge in [0, 0.05) is 6.54 Å². The van der Waals surface area contributed by atoms with Crippen LogP contribution in [0.4, 0.5) is 4.39 Å². The van der Waals surface area contributed by atoms with Crippen molar-refractivity contribution in [1.29, 1.82) is 0 Å². The van der Waals surface area contributed by atoms with Crippen LogP contribution in [0.1, 0.15) is 11.7 Å². The Morgan fingerprint density at radius 1 is 1.53 bits per heavy atom. The van der Waals surface area contributed by atoms with Gasteiger partial charge in [-0.15, -0.1) is 0 Å². The molecule has 1 N–H and O–H groups in total. The molecule has 1 amide bonds. The number of hydrogen-bond donors (Lipinski definition) is 1. The Labute approximate surface area is 94.7 Å². The SMILES string of the molecule is O=C1CO[C@H](c2cccc(F)c2Br)CN1. The van der Waals surface area contributed by atoms with Crippen LogP contribution in [0.3, 0.4) is 0 Å². The molecule has 1 aliphatic rings. The third-order valence-electron chi connectivity index (χ3n) is 2.23. The summed E-state index contributed by atoms with van der Waals surface area (Å²) >= 11 is 3.16. The van der Waals surface area contributed by atoms with Crippen molar-refractivity contribution in [1.82, 2.24) is 5.32 Å². The molecule has 0 unspecified atom stereocenters. The Morgan fingerprint density at radius 2 is 2.33 bits per heavy atom. The van der Waals surface area contributed by atoms with Crippen LogP contribution in [-0.4, -0.2) is 19.1 Å². The molecule has 2 rings (SSSR count). The van der Waals surface area contributed by atoms with Crippen molar-refractivity contribution in [2.24, 2.45) is 0 Å². The minimum Gasteiger partial charge on any atom is -0.362 e. The molecular formula is C10H9BrFNO2. The maximum Gasteiger partial charge on any atom is 0.246 e. The number of morpholine rings is 1. The normalized spacial score (nSPS) is 21.2. The lowest BCUT2D eigenvalue weighted by Gasteiger charge is -2.24. The van der Waals surface area contributed by atoms with E-state index < -0.39 is 0 Å². The van der Waals surface area contributed by atoms with Gasteiger partial charge in [0.15, 0.2) is 0 Å². The first kappa shape index (κ1) is 10.6. The van der Waals surface area contributed by atoms with Gasteiger partial charge < -0.3 is 10.1 Å². The van der Waals surface area contributed by atoms with Crippen LogP contribution in [0, 0.1) is 5.82 Å². The number of rotatable bonds is 1. The molecule has 80 valence electrons. The van der Waals surface area contributed by atoms with Crippen LogP contribution in [-0.2, 0) is 9.53 Å². The Morgan fingerprint density at radius 3 is 3.00 bits per heavy atom. The van der Waals surface area contributed by atoms with Gasteiger partial charge in [-0.1, -0.05) is 12.1 Å². The number of hydrogen-bond acceptors (Lipinski definition) is 2. The van der Waals surface area contributed by atoms with E-state index in [4.69, 9.17) is 4.74 Å². The number of halogens is 2. The highest BCUT2D eigenvalue weighted by molar-refractivity contribution is 9.10. The molecule has 1 saturated heterocycles. The molecule has 15 heavy (non-hydrogen) atoms. The lowest BCUT2D eigenvalue weighted by Crippen LogP contribution is -2.38. The number of carbonyl (C=O) groups excluding carboxylic acids is 1. The fourth-order valence-corrected chi connectivity index (χ4v) is 1.98. The zero-order chi connectivity index (χ0) is 10.8. The van der Waals surface area contributed by atoms with E-state index in [1.807, 2.05) is 0 Å². The first-order chi connectivity index (χ1) is 7.18. The highest BCUT2D eigenvalue weighted by Gasteiger charge is 2.22. The molecule has 1 fully saturated rings. The zero-order valence-corrected chi connectivity index (χ0v) is 9.38. The van der Waals surface area contributed by atoms with Crippen molar-refractivity contribution in [2.75, 3.05) is 13.2 Å². The Bertz CT molecular complexity index is 387. The smallest absolute Gasteiger partial charge is 0.246 e. The highest BCUT2D eigenvalue weighted by Crippen LogP contribution is 2.28. The maximum absolute atomic E-state index is 13.2. The predicted octanol–water partition coefficient (Wildman–Crippen LogP) is 1.78. The summed E-state index contributed by atoms with van der Waals surface area (Å²) in [5.41, 5.74) is 0.718. The minimum absolute atomic E-state index is 0.0214. The van der Waals surface area contributed by atoms with E-state index in [2.05, 4.69) is 21.2 Å². The molecule has 0 radical (unpaired) electrons. The maximum atomic E-state index is 13.2. The van der Waals surface area contributed by atoms with E-state index in [1.54, 1.807) is 12.1 Å². The van der Waals surface area contributed by atoms with Crippen LogP contribution >= 0.6 is 15.9 Å². The average Bonchev–Trinajstić information content (AvgIpc) is 2.24. The lowest BCUT2D eigenvalue weighted by molar-refractivity contribution is -0.133. The first-order valence-corrected chi connectivity index (χ1v) is 5.30. The van der Waals surface area contributed by atoms with E-state index in [-0.39, 0.29) is 24.4 Å². The molecule has 0 spiro atoms. The van der Waals surface area contributed by atoms with Gasteiger partial charge in [0.25, 0.3) is 0 Å². The number of amides is 1. The quantitative estimate of drug-likeness (QED) is 0.847. The molecule has 1 heterocycles. The van der Waals surface area contributed by atoms with E-state index in [0.29, 0.717) is 11.0 Å². The van der Waals surface area contributed by atoms with Gasteiger partial charge in [0.2, 0.25) is 5.91 Å². The van der Waals surface area contributed by atoms with Crippen LogP contribution < -0.4 is 5.32 Å². The fourth-order valence-electron chi connectivity index (χ4n) is 1.46. The number of carbonyl (C=O) groups is 1. The molecule has 5 heteroatoms. The van der Waals surface area contributed by atoms with Gasteiger partial charge in [0.05, 0.1) is 4.47 Å². The molecule has 1 aliphatic heterocycles. The summed E-state index contributed by atoms with van der Waals surface area (Å²) in [6.07, 6.45) is -0.284. The zero-order valence-electron chi connectivity index (χ0n) is 7.80. The molecule has 0 aliphatic carbocycles. The second kappa shape index (κ2) is 4.28. The molecule has 3 nitrogen and oxygen atoms in total. The number of benzene rings is 1. The fraction of sp³-hybridized carbons (Fsp3) is 0.300. The van der Waals surface area contributed by atoms with E-state index in [1.165, 1.54) is 6.07 Å². The monoisotopic (exact) mass is 273 g/mol. The number of ether oxygens (including phenoxy) is 1.